The summed E-state index contributed by atoms with van der Waals surface area (Å²) in [6.45, 7) is 5.69. The van der Waals surface area contributed by atoms with E-state index in [2.05, 4.69) is 59.4 Å². The summed E-state index contributed by atoms with van der Waals surface area (Å²) in [6, 6.07) is 9.46. The molecule has 0 spiro atoms. The van der Waals surface area contributed by atoms with Gasteiger partial charge in [0, 0.05) is 10.5 Å². The van der Waals surface area contributed by atoms with Gasteiger partial charge < -0.3 is 5.32 Å². The van der Waals surface area contributed by atoms with E-state index in [9.17, 15) is 0 Å². The van der Waals surface area contributed by atoms with Crippen LogP contribution in [-0.2, 0) is 6.42 Å². The molecule has 1 aliphatic carbocycles. The molecule has 0 heterocycles. The lowest BCUT2D eigenvalue weighted by Gasteiger charge is -2.33. The molecule has 0 saturated heterocycles. The molecule has 1 N–H and O–H groups in total. The Morgan fingerprint density at radius 1 is 1.16 bits per heavy atom. The molecule has 1 aliphatic rings. The fourth-order valence-corrected chi connectivity index (χ4v) is 3.49. The maximum absolute atomic E-state index is 3.72. The highest BCUT2D eigenvalue weighted by Crippen LogP contribution is 2.31. The van der Waals surface area contributed by atoms with Crippen LogP contribution >= 0.6 is 15.9 Å². The first-order valence-electron chi connectivity index (χ1n) is 7.67. The third-order valence-corrected chi connectivity index (χ3v) is 4.99. The van der Waals surface area contributed by atoms with Crippen molar-refractivity contribution < 1.29 is 0 Å². The van der Waals surface area contributed by atoms with Crippen LogP contribution in [0.25, 0.3) is 0 Å². The third-order valence-electron chi connectivity index (χ3n) is 4.46. The van der Waals surface area contributed by atoms with E-state index in [4.69, 9.17) is 0 Å². The van der Waals surface area contributed by atoms with Crippen LogP contribution in [0, 0.1) is 11.8 Å². The van der Waals surface area contributed by atoms with Crippen molar-refractivity contribution in [2.75, 3.05) is 6.54 Å². The van der Waals surface area contributed by atoms with E-state index in [-0.39, 0.29) is 0 Å². The second-order valence-electron chi connectivity index (χ2n) is 6.01. The highest BCUT2D eigenvalue weighted by atomic mass is 79.9. The van der Waals surface area contributed by atoms with Gasteiger partial charge in [-0.05, 0) is 55.3 Å². The van der Waals surface area contributed by atoms with Crippen molar-refractivity contribution >= 4 is 15.9 Å². The number of benzene rings is 1. The first-order chi connectivity index (χ1) is 9.19. The second-order valence-corrected chi connectivity index (χ2v) is 6.93. The molecule has 1 unspecified atom stereocenters. The smallest absolute Gasteiger partial charge is 0.0175 e. The molecule has 0 aromatic heterocycles. The monoisotopic (exact) mass is 323 g/mol. The normalized spacial score (nSPS) is 25.2. The van der Waals surface area contributed by atoms with Crippen molar-refractivity contribution in [3.8, 4) is 0 Å². The van der Waals surface area contributed by atoms with Crippen molar-refractivity contribution in [3.05, 3.63) is 34.3 Å². The predicted octanol–water partition coefficient (Wildman–Crippen LogP) is 4.80. The van der Waals surface area contributed by atoms with Crippen LogP contribution in [0.5, 0.6) is 0 Å². The topological polar surface area (TPSA) is 12.0 Å². The van der Waals surface area contributed by atoms with Crippen LogP contribution in [-0.4, -0.2) is 12.6 Å². The highest BCUT2D eigenvalue weighted by molar-refractivity contribution is 9.10. The molecule has 2 heteroatoms. The lowest BCUT2D eigenvalue weighted by molar-refractivity contribution is 0.230. The summed E-state index contributed by atoms with van der Waals surface area (Å²) in [5.74, 6) is 1.80. The summed E-state index contributed by atoms with van der Waals surface area (Å²) in [4.78, 5) is 0. The molecule has 19 heavy (non-hydrogen) atoms. The maximum atomic E-state index is 3.72. The van der Waals surface area contributed by atoms with Gasteiger partial charge in [-0.15, -0.1) is 0 Å². The van der Waals surface area contributed by atoms with Crippen molar-refractivity contribution in [1.29, 1.82) is 0 Å². The average Bonchev–Trinajstić information content (AvgIpc) is 2.42. The molecule has 1 aromatic carbocycles. The van der Waals surface area contributed by atoms with Gasteiger partial charge in [-0.3, -0.25) is 0 Å². The Morgan fingerprint density at radius 2 is 1.79 bits per heavy atom. The third kappa shape index (κ3) is 4.61. The minimum Gasteiger partial charge on any atom is -0.314 e. The fourth-order valence-electron chi connectivity index (χ4n) is 3.23. The van der Waals surface area contributed by atoms with Gasteiger partial charge >= 0.3 is 0 Å². The minimum absolute atomic E-state index is 0.652. The predicted molar refractivity (Wildman–Crippen MR) is 86.4 cm³/mol. The number of nitrogens with one attached hydrogen (secondary N) is 1. The van der Waals surface area contributed by atoms with Gasteiger partial charge in [0.1, 0.15) is 0 Å². The van der Waals surface area contributed by atoms with Crippen molar-refractivity contribution in [2.24, 2.45) is 11.8 Å². The summed E-state index contributed by atoms with van der Waals surface area (Å²) in [6.07, 6.45) is 6.78. The molecule has 0 amide bonds. The summed E-state index contributed by atoms with van der Waals surface area (Å²) in [5.41, 5.74) is 1.45. The Balaban J connectivity index is 1.97. The van der Waals surface area contributed by atoms with E-state index in [0.29, 0.717) is 6.04 Å². The molecule has 1 aromatic rings. The highest BCUT2D eigenvalue weighted by Gasteiger charge is 2.25. The Labute approximate surface area is 126 Å². The zero-order valence-corrected chi connectivity index (χ0v) is 13.7. The van der Waals surface area contributed by atoms with E-state index in [1.807, 2.05) is 0 Å². The van der Waals surface area contributed by atoms with Crippen LogP contribution < -0.4 is 5.32 Å². The summed E-state index contributed by atoms with van der Waals surface area (Å²) in [7, 11) is 0. The molecule has 106 valence electrons. The summed E-state index contributed by atoms with van der Waals surface area (Å²) < 4.78 is 1.17. The van der Waals surface area contributed by atoms with E-state index in [1.165, 1.54) is 42.1 Å². The molecule has 0 aliphatic heterocycles. The quantitative estimate of drug-likeness (QED) is 0.821. The van der Waals surface area contributed by atoms with Crippen LogP contribution in [0.1, 0.15) is 45.1 Å². The van der Waals surface area contributed by atoms with Gasteiger partial charge in [0.05, 0.1) is 0 Å². The van der Waals surface area contributed by atoms with Crippen molar-refractivity contribution in [1.82, 2.24) is 5.32 Å². The van der Waals surface area contributed by atoms with Crippen LogP contribution in [0.2, 0.25) is 0 Å². The van der Waals surface area contributed by atoms with Gasteiger partial charge in [-0.25, -0.2) is 0 Å². The largest absolute Gasteiger partial charge is 0.314 e. The number of likely N-dealkylation sites (N-methyl/N-ethyl adjacent to an activating group) is 1. The number of halogens is 1. The van der Waals surface area contributed by atoms with Gasteiger partial charge in [0.15, 0.2) is 0 Å². The number of hydrogen-bond acceptors (Lipinski definition) is 1. The first kappa shape index (κ1) is 15.1. The lowest BCUT2D eigenvalue weighted by atomic mass is 9.77. The van der Waals surface area contributed by atoms with Crippen LogP contribution in [0.15, 0.2) is 28.7 Å². The molecule has 0 bridgehead atoms. The van der Waals surface area contributed by atoms with Gasteiger partial charge in [-0.1, -0.05) is 54.8 Å². The van der Waals surface area contributed by atoms with E-state index >= 15 is 0 Å². The van der Waals surface area contributed by atoms with Gasteiger partial charge in [-0.2, -0.15) is 0 Å². The van der Waals surface area contributed by atoms with Crippen molar-refractivity contribution in [2.45, 2.75) is 52.0 Å². The van der Waals surface area contributed by atoms with Crippen LogP contribution in [0.4, 0.5) is 0 Å². The Morgan fingerprint density at radius 3 is 2.37 bits per heavy atom. The summed E-state index contributed by atoms with van der Waals surface area (Å²) >= 11 is 3.51. The molecular formula is C17H26BrN. The molecule has 2 rings (SSSR count). The molecule has 1 atom stereocenters. The zero-order valence-electron chi connectivity index (χ0n) is 12.2. The van der Waals surface area contributed by atoms with Gasteiger partial charge in [0.25, 0.3) is 0 Å². The van der Waals surface area contributed by atoms with E-state index < -0.39 is 0 Å². The minimum atomic E-state index is 0.652. The molecule has 1 saturated carbocycles. The van der Waals surface area contributed by atoms with Gasteiger partial charge in [0.2, 0.25) is 0 Å². The standard InChI is InChI=1S/C17H26BrN/c1-3-19-17(15-8-4-13(2)5-9-15)12-14-6-10-16(18)11-7-14/h6-7,10-11,13,15,17,19H,3-5,8-9,12H2,1-2H3. The van der Waals surface area contributed by atoms with Crippen molar-refractivity contribution in [3.63, 3.8) is 0 Å². The van der Waals surface area contributed by atoms with Crippen LogP contribution in [0.3, 0.4) is 0 Å². The second kappa shape index (κ2) is 7.44. The first-order valence-corrected chi connectivity index (χ1v) is 8.46. The molecule has 1 fully saturated rings. The maximum Gasteiger partial charge on any atom is 0.0175 e. The fraction of sp³-hybridized carbons (Fsp3) is 0.647. The number of hydrogen-bond donors (Lipinski definition) is 1. The Bertz CT molecular complexity index is 365. The molecule has 0 radical (unpaired) electrons. The van der Waals surface area contributed by atoms with E-state index in [0.717, 1.165) is 18.4 Å². The molecule has 1 nitrogen and oxygen atoms in total. The summed E-state index contributed by atoms with van der Waals surface area (Å²) in [5, 5.41) is 3.72. The number of rotatable bonds is 5. The average molecular weight is 324 g/mol. The Hall–Kier alpha value is -0.340. The lowest BCUT2D eigenvalue weighted by Crippen LogP contribution is -2.39. The van der Waals surface area contributed by atoms with E-state index in [1.54, 1.807) is 0 Å². The zero-order chi connectivity index (χ0) is 13.7. The SMILES string of the molecule is CCNC(Cc1ccc(Br)cc1)C1CCC(C)CC1. The molecular weight excluding hydrogens is 298 g/mol. The Kier molecular flexibility index (Phi) is 5.90.